The first-order valence-corrected chi connectivity index (χ1v) is 8.51. The van der Waals surface area contributed by atoms with Crippen LogP contribution in [-0.4, -0.2) is 7.11 Å². The van der Waals surface area contributed by atoms with Crippen molar-refractivity contribution in [2.45, 2.75) is 17.7 Å². The van der Waals surface area contributed by atoms with E-state index in [0.29, 0.717) is 15.1 Å². The molecule has 2 rings (SSSR count). The fourth-order valence-electron chi connectivity index (χ4n) is 2.02. The molecule has 0 spiro atoms. The van der Waals surface area contributed by atoms with Crippen LogP contribution in [0.25, 0.3) is 0 Å². The molecule has 5 heteroatoms. The van der Waals surface area contributed by atoms with Crippen LogP contribution in [0.5, 0.6) is 5.75 Å². The van der Waals surface area contributed by atoms with Crippen LogP contribution in [0.15, 0.2) is 40.9 Å². The molecule has 0 N–H and O–H groups in total. The van der Waals surface area contributed by atoms with E-state index in [-0.39, 0.29) is 10.6 Å². The maximum absolute atomic E-state index is 14.0. The van der Waals surface area contributed by atoms with E-state index in [2.05, 4.69) is 31.9 Å². The molecule has 1 unspecified atom stereocenters. The molecule has 0 aliphatic carbocycles. The van der Waals surface area contributed by atoms with Crippen LogP contribution in [0, 0.1) is 5.82 Å². The minimum atomic E-state index is -0.261. The van der Waals surface area contributed by atoms with Gasteiger partial charge in [0, 0.05) is 14.9 Å². The summed E-state index contributed by atoms with van der Waals surface area (Å²) >= 11 is 12.8. The topological polar surface area (TPSA) is 9.23 Å². The minimum Gasteiger partial charge on any atom is -0.497 e. The van der Waals surface area contributed by atoms with Gasteiger partial charge in [0.1, 0.15) is 11.6 Å². The first-order chi connectivity index (χ1) is 10.0. The van der Waals surface area contributed by atoms with Crippen molar-refractivity contribution in [3.8, 4) is 5.75 Å². The predicted molar refractivity (Wildman–Crippen MR) is 92.1 cm³/mol. The molecule has 0 radical (unpaired) electrons. The Bertz CT molecular complexity index is 616. The fraction of sp³-hybridized carbons (Fsp3) is 0.250. The van der Waals surface area contributed by atoms with Gasteiger partial charge in [-0.3, -0.25) is 0 Å². The molecule has 1 nitrogen and oxygen atoms in total. The molecule has 0 heterocycles. The lowest BCUT2D eigenvalue weighted by Gasteiger charge is -2.13. The first-order valence-electron chi connectivity index (χ1n) is 6.42. The molecule has 0 amide bonds. The second-order valence-corrected chi connectivity index (χ2v) is 7.01. The smallest absolute Gasteiger partial charge is 0.128 e. The van der Waals surface area contributed by atoms with Gasteiger partial charge in [-0.05, 0) is 58.6 Å². The zero-order valence-corrected chi connectivity index (χ0v) is 15.3. The molecule has 0 aliphatic heterocycles. The Hall–Kier alpha value is -0.580. The minimum absolute atomic E-state index is 0.0785. The van der Waals surface area contributed by atoms with Gasteiger partial charge in [-0.2, -0.15) is 0 Å². The summed E-state index contributed by atoms with van der Waals surface area (Å²) in [7, 11) is 1.64. The highest BCUT2D eigenvalue weighted by atomic mass is 79.9. The Kier molecular flexibility index (Phi) is 6.08. The van der Waals surface area contributed by atoms with Gasteiger partial charge in [-0.25, -0.2) is 4.39 Å². The number of rotatable bonds is 5. The van der Waals surface area contributed by atoms with Crippen molar-refractivity contribution in [2.24, 2.45) is 0 Å². The number of aryl methyl sites for hydroxylation is 1. The molecule has 0 bridgehead atoms. The maximum Gasteiger partial charge on any atom is 0.128 e. The molecule has 0 aromatic heterocycles. The summed E-state index contributed by atoms with van der Waals surface area (Å²) in [6.07, 6.45) is 1.62. The monoisotopic (exact) mass is 434 g/mol. The largest absolute Gasteiger partial charge is 0.497 e. The van der Waals surface area contributed by atoms with Crippen molar-refractivity contribution >= 4 is 43.5 Å². The Morgan fingerprint density at radius 2 is 1.90 bits per heavy atom. The van der Waals surface area contributed by atoms with Gasteiger partial charge >= 0.3 is 0 Å². The third-order valence-electron chi connectivity index (χ3n) is 3.22. The summed E-state index contributed by atoms with van der Waals surface area (Å²) in [4.78, 5) is -0.0785. The third kappa shape index (κ3) is 4.44. The van der Waals surface area contributed by atoms with Gasteiger partial charge in [0.15, 0.2) is 0 Å². The fourth-order valence-corrected chi connectivity index (χ4v) is 3.09. The number of halogens is 4. The number of hydrogen-bond donors (Lipinski definition) is 0. The molecule has 2 aromatic rings. The number of ether oxygens (including phenoxy) is 1. The average molecular weight is 437 g/mol. The zero-order chi connectivity index (χ0) is 15.4. The van der Waals surface area contributed by atoms with Crippen LogP contribution in [-0.2, 0) is 6.42 Å². The second-order valence-electron chi connectivity index (χ2n) is 4.64. The van der Waals surface area contributed by atoms with E-state index in [1.54, 1.807) is 13.2 Å². The Morgan fingerprint density at radius 3 is 2.52 bits per heavy atom. The average Bonchev–Trinajstić information content (AvgIpc) is 2.49. The van der Waals surface area contributed by atoms with Crippen molar-refractivity contribution in [1.82, 2.24) is 0 Å². The third-order valence-corrected chi connectivity index (χ3v) is 5.37. The molecule has 2 aromatic carbocycles. The summed E-state index contributed by atoms with van der Waals surface area (Å²) < 4.78 is 19.7. The predicted octanol–water partition coefficient (Wildman–Crippen LogP) is 6.32. The Balaban J connectivity index is 2.04. The van der Waals surface area contributed by atoms with Gasteiger partial charge < -0.3 is 4.74 Å². The number of hydrogen-bond acceptors (Lipinski definition) is 1. The number of benzene rings is 2. The summed E-state index contributed by atoms with van der Waals surface area (Å²) in [6, 6.07) is 11.0. The molecular weight excluding hydrogens is 422 g/mol. The molecule has 0 fully saturated rings. The van der Waals surface area contributed by atoms with Crippen LogP contribution >= 0.6 is 43.5 Å². The van der Waals surface area contributed by atoms with E-state index in [9.17, 15) is 4.39 Å². The lowest BCUT2D eigenvalue weighted by atomic mass is 10.0. The van der Waals surface area contributed by atoms with Crippen LogP contribution in [0.1, 0.15) is 22.4 Å². The van der Waals surface area contributed by atoms with Crippen molar-refractivity contribution in [3.05, 3.63) is 62.8 Å². The maximum atomic E-state index is 14.0. The van der Waals surface area contributed by atoms with Crippen molar-refractivity contribution in [2.75, 3.05) is 7.11 Å². The molecule has 0 saturated carbocycles. The normalized spacial score (nSPS) is 12.2. The highest BCUT2D eigenvalue weighted by Crippen LogP contribution is 2.35. The molecule has 0 aliphatic rings. The van der Waals surface area contributed by atoms with Gasteiger partial charge in [0.25, 0.3) is 0 Å². The molecular formula is C16H14Br2ClFO. The quantitative estimate of drug-likeness (QED) is 0.394. The van der Waals surface area contributed by atoms with Gasteiger partial charge in [-0.15, -0.1) is 0 Å². The summed E-state index contributed by atoms with van der Waals surface area (Å²) in [5, 5.41) is 0.514. The first kappa shape index (κ1) is 16.8. The highest BCUT2D eigenvalue weighted by Gasteiger charge is 2.15. The van der Waals surface area contributed by atoms with Crippen molar-refractivity contribution in [3.63, 3.8) is 0 Å². The van der Waals surface area contributed by atoms with E-state index < -0.39 is 0 Å². The number of methoxy groups -OCH3 is 1. The van der Waals surface area contributed by atoms with Gasteiger partial charge in [-0.1, -0.05) is 39.7 Å². The van der Waals surface area contributed by atoms with Gasteiger partial charge in [0.2, 0.25) is 0 Å². The Labute approximate surface area is 145 Å². The zero-order valence-electron chi connectivity index (χ0n) is 11.4. The summed E-state index contributed by atoms with van der Waals surface area (Å²) in [5.74, 6) is 0.572. The van der Waals surface area contributed by atoms with Crippen molar-refractivity contribution < 1.29 is 9.13 Å². The lowest BCUT2D eigenvalue weighted by Crippen LogP contribution is -1.98. The molecule has 112 valence electrons. The molecule has 0 saturated heterocycles. The number of alkyl halides is 1. The van der Waals surface area contributed by atoms with E-state index in [1.807, 2.05) is 24.3 Å². The van der Waals surface area contributed by atoms with Crippen LogP contribution < -0.4 is 4.74 Å². The van der Waals surface area contributed by atoms with Crippen LogP contribution in [0.2, 0.25) is 5.02 Å². The van der Waals surface area contributed by atoms with Crippen molar-refractivity contribution in [1.29, 1.82) is 0 Å². The summed E-state index contributed by atoms with van der Waals surface area (Å²) in [5.41, 5.74) is 1.76. The lowest BCUT2D eigenvalue weighted by molar-refractivity contribution is 0.414. The summed E-state index contributed by atoms with van der Waals surface area (Å²) in [6.45, 7) is 0. The molecule has 21 heavy (non-hydrogen) atoms. The van der Waals surface area contributed by atoms with E-state index in [0.717, 1.165) is 18.6 Å². The van der Waals surface area contributed by atoms with E-state index in [4.69, 9.17) is 16.3 Å². The van der Waals surface area contributed by atoms with E-state index >= 15 is 0 Å². The highest BCUT2D eigenvalue weighted by molar-refractivity contribution is 9.10. The van der Waals surface area contributed by atoms with Gasteiger partial charge in [0.05, 0.1) is 12.1 Å². The second kappa shape index (κ2) is 7.61. The SMILES string of the molecule is COc1ccc(CCC(Br)c2cc(Cl)c(Br)cc2F)cc1. The standard InChI is InChI=1S/C16H14Br2ClFO/c1-21-11-5-2-10(3-6-11)4-7-13(17)12-8-15(19)14(18)9-16(12)20/h2-3,5-6,8-9,13H,4,7H2,1H3. The van der Waals surface area contributed by atoms with Crippen LogP contribution in [0.3, 0.4) is 0 Å². The van der Waals surface area contributed by atoms with Crippen LogP contribution in [0.4, 0.5) is 4.39 Å². The van der Waals surface area contributed by atoms with E-state index in [1.165, 1.54) is 11.6 Å². The Morgan fingerprint density at radius 1 is 1.24 bits per heavy atom. The molecule has 1 atom stereocenters.